The molecule has 0 fully saturated rings. The summed E-state index contributed by atoms with van der Waals surface area (Å²) >= 11 is 0. The van der Waals surface area contributed by atoms with Crippen LogP contribution in [0.5, 0.6) is 5.75 Å². The van der Waals surface area contributed by atoms with Crippen molar-refractivity contribution in [2.75, 3.05) is 12.4 Å². The molecule has 1 amide bonds. The summed E-state index contributed by atoms with van der Waals surface area (Å²) in [6.45, 7) is 4.51. The van der Waals surface area contributed by atoms with E-state index in [1.165, 1.54) is 0 Å². The number of aromatic nitrogens is 2. The topological polar surface area (TPSA) is 56.1 Å². The van der Waals surface area contributed by atoms with Crippen molar-refractivity contribution in [1.29, 1.82) is 0 Å². The van der Waals surface area contributed by atoms with Crippen LogP contribution in [0.25, 0.3) is 0 Å². The minimum atomic E-state index is -0.0363. The number of anilines is 1. The van der Waals surface area contributed by atoms with Crippen LogP contribution in [0.1, 0.15) is 17.8 Å². The highest BCUT2D eigenvalue weighted by atomic mass is 16.5. The van der Waals surface area contributed by atoms with Gasteiger partial charge in [0, 0.05) is 30.4 Å². The summed E-state index contributed by atoms with van der Waals surface area (Å²) in [7, 11) is 1.60. The van der Waals surface area contributed by atoms with Gasteiger partial charge in [-0.25, -0.2) is 0 Å². The van der Waals surface area contributed by atoms with E-state index in [4.69, 9.17) is 4.74 Å². The predicted molar refractivity (Wildman–Crippen MR) is 77.9 cm³/mol. The van der Waals surface area contributed by atoms with Crippen molar-refractivity contribution in [3.8, 4) is 5.75 Å². The molecule has 0 unspecified atom stereocenters. The maximum atomic E-state index is 11.9. The third kappa shape index (κ3) is 3.60. The van der Waals surface area contributed by atoms with Gasteiger partial charge < -0.3 is 10.1 Å². The van der Waals surface area contributed by atoms with Crippen molar-refractivity contribution in [1.82, 2.24) is 9.78 Å². The van der Waals surface area contributed by atoms with Gasteiger partial charge in [0.05, 0.1) is 12.8 Å². The molecule has 5 nitrogen and oxygen atoms in total. The van der Waals surface area contributed by atoms with Gasteiger partial charge in [0.15, 0.2) is 0 Å². The van der Waals surface area contributed by atoms with Gasteiger partial charge in [-0.15, -0.1) is 0 Å². The van der Waals surface area contributed by atoms with Crippen molar-refractivity contribution < 1.29 is 9.53 Å². The lowest BCUT2D eigenvalue weighted by atomic mass is 10.3. The molecule has 2 rings (SSSR count). The molecular formula is C15H19N3O2. The first kappa shape index (κ1) is 14.1. The first-order valence-corrected chi connectivity index (χ1v) is 6.53. The SMILES string of the molecule is COc1cccc(NC(=O)CCn2nc(C)cc2C)c1. The Hall–Kier alpha value is -2.30. The molecule has 0 aliphatic rings. The predicted octanol–water partition coefficient (Wildman–Crippen LogP) is 2.54. The molecule has 1 N–H and O–H groups in total. The molecule has 106 valence electrons. The second-order valence-corrected chi connectivity index (χ2v) is 4.68. The van der Waals surface area contributed by atoms with Crippen molar-refractivity contribution in [3.63, 3.8) is 0 Å². The zero-order valence-electron chi connectivity index (χ0n) is 12.0. The highest BCUT2D eigenvalue weighted by molar-refractivity contribution is 5.90. The van der Waals surface area contributed by atoms with Gasteiger partial charge in [-0.3, -0.25) is 9.48 Å². The van der Waals surface area contributed by atoms with E-state index in [2.05, 4.69) is 10.4 Å². The number of amides is 1. The van der Waals surface area contributed by atoms with E-state index in [1.807, 2.05) is 42.8 Å². The lowest BCUT2D eigenvalue weighted by Crippen LogP contribution is -2.15. The van der Waals surface area contributed by atoms with Gasteiger partial charge in [0.2, 0.25) is 5.91 Å². The van der Waals surface area contributed by atoms with Gasteiger partial charge in [0.1, 0.15) is 5.75 Å². The molecule has 0 saturated carbocycles. The van der Waals surface area contributed by atoms with E-state index < -0.39 is 0 Å². The Bertz CT molecular complexity index is 605. The van der Waals surface area contributed by atoms with Crippen LogP contribution in [-0.2, 0) is 11.3 Å². The summed E-state index contributed by atoms with van der Waals surface area (Å²) in [5.41, 5.74) is 2.77. The normalized spacial score (nSPS) is 10.3. The van der Waals surface area contributed by atoms with E-state index in [1.54, 1.807) is 13.2 Å². The lowest BCUT2D eigenvalue weighted by Gasteiger charge is -2.08. The lowest BCUT2D eigenvalue weighted by molar-refractivity contribution is -0.116. The first-order valence-electron chi connectivity index (χ1n) is 6.53. The molecule has 0 saturated heterocycles. The Kier molecular flexibility index (Phi) is 4.40. The fourth-order valence-corrected chi connectivity index (χ4v) is 2.03. The molecule has 0 aliphatic carbocycles. The summed E-state index contributed by atoms with van der Waals surface area (Å²) in [6, 6.07) is 9.31. The van der Waals surface area contributed by atoms with Gasteiger partial charge in [-0.1, -0.05) is 6.07 Å². The van der Waals surface area contributed by atoms with Crippen LogP contribution in [0.2, 0.25) is 0 Å². The molecule has 0 atom stereocenters. The fourth-order valence-electron chi connectivity index (χ4n) is 2.03. The van der Waals surface area contributed by atoms with Crippen molar-refractivity contribution in [3.05, 3.63) is 41.7 Å². The molecule has 1 aromatic heterocycles. The van der Waals surface area contributed by atoms with Crippen LogP contribution in [0.3, 0.4) is 0 Å². The number of aryl methyl sites for hydroxylation is 3. The second kappa shape index (κ2) is 6.23. The molecule has 20 heavy (non-hydrogen) atoms. The number of nitrogens with one attached hydrogen (secondary N) is 1. The zero-order valence-corrected chi connectivity index (χ0v) is 12.0. The number of rotatable bonds is 5. The zero-order chi connectivity index (χ0) is 14.5. The average Bonchev–Trinajstić information content (AvgIpc) is 2.75. The Morgan fingerprint density at radius 3 is 2.80 bits per heavy atom. The Balaban J connectivity index is 1.90. The molecular weight excluding hydrogens is 254 g/mol. The largest absolute Gasteiger partial charge is 0.497 e. The van der Waals surface area contributed by atoms with Crippen LogP contribution < -0.4 is 10.1 Å². The quantitative estimate of drug-likeness (QED) is 0.910. The number of hydrogen-bond acceptors (Lipinski definition) is 3. The number of benzene rings is 1. The standard InChI is InChI=1S/C15H19N3O2/c1-11-9-12(2)18(17-11)8-7-15(19)16-13-5-4-6-14(10-13)20-3/h4-6,9-10H,7-8H2,1-3H3,(H,16,19). The molecule has 0 spiro atoms. The number of carbonyl (C=O) groups is 1. The van der Waals surface area contributed by atoms with E-state index in [9.17, 15) is 4.79 Å². The molecule has 0 radical (unpaired) electrons. The molecule has 0 bridgehead atoms. The molecule has 0 aliphatic heterocycles. The number of nitrogens with zero attached hydrogens (tertiary/aromatic N) is 2. The van der Waals surface area contributed by atoms with Crippen LogP contribution in [0.4, 0.5) is 5.69 Å². The van der Waals surface area contributed by atoms with Gasteiger partial charge in [-0.05, 0) is 32.0 Å². The Labute approximate surface area is 118 Å². The second-order valence-electron chi connectivity index (χ2n) is 4.68. The van der Waals surface area contributed by atoms with Crippen molar-refractivity contribution in [2.45, 2.75) is 26.8 Å². The van der Waals surface area contributed by atoms with Gasteiger partial charge in [-0.2, -0.15) is 5.10 Å². The summed E-state index contributed by atoms with van der Waals surface area (Å²) in [6.07, 6.45) is 0.388. The van der Waals surface area contributed by atoms with Crippen LogP contribution in [0.15, 0.2) is 30.3 Å². The third-order valence-electron chi connectivity index (χ3n) is 3.01. The highest BCUT2D eigenvalue weighted by Gasteiger charge is 2.06. The Morgan fingerprint density at radius 2 is 2.15 bits per heavy atom. The van der Waals surface area contributed by atoms with E-state index >= 15 is 0 Å². The van der Waals surface area contributed by atoms with E-state index in [-0.39, 0.29) is 5.91 Å². The molecule has 2 aromatic rings. The minimum absolute atomic E-state index is 0.0363. The summed E-state index contributed by atoms with van der Waals surface area (Å²) in [5, 5.41) is 7.19. The summed E-state index contributed by atoms with van der Waals surface area (Å²) < 4.78 is 6.97. The molecule has 1 aromatic carbocycles. The number of methoxy groups -OCH3 is 1. The minimum Gasteiger partial charge on any atom is -0.497 e. The molecule has 5 heteroatoms. The van der Waals surface area contributed by atoms with Crippen LogP contribution in [0, 0.1) is 13.8 Å². The highest BCUT2D eigenvalue weighted by Crippen LogP contribution is 2.16. The van der Waals surface area contributed by atoms with E-state index in [0.29, 0.717) is 13.0 Å². The summed E-state index contributed by atoms with van der Waals surface area (Å²) in [5.74, 6) is 0.687. The number of carbonyl (C=O) groups excluding carboxylic acids is 1. The van der Waals surface area contributed by atoms with Crippen LogP contribution >= 0.6 is 0 Å². The van der Waals surface area contributed by atoms with Crippen LogP contribution in [-0.4, -0.2) is 22.8 Å². The van der Waals surface area contributed by atoms with Gasteiger partial charge in [0.25, 0.3) is 0 Å². The molecule has 1 heterocycles. The number of ether oxygens (including phenoxy) is 1. The fraction of sp³-hybridized carbons (Fsp3) is 0.333. The average molecular weight is 273 g/mol. The summed E-state index contributed by atoms with van der Waals surface area (Å²) in [4.78, 5) is 11.9. The third-order valence-corrected chi connectivity index (χ3v) is 3.01. The smallest absolute Gasteiger partial charge is 0.226 e. The van der Waals surface area contributed by atoms with Gasteiger partial charge >= 0.3 is 0 Å². The Morgan fingerprint density at radius 1 is 1.35 bits per heavy atom. The first-order chi connectivity index (χ1) is 9.58. The maximum absolute atomic E-state index is 11.9. The maximum Gasteiger partial charge on any atom is 0.226 e. The number of hydrogen-bond donors (Lipinski definition) is 1. The monoisotopic (exact) mass is 273 g/mol. The van der Waals surface area contributed by atoms with Crippen molar-refractivity contribution in [2.24, 2.45) is 0 Å². The van der Waals surface area contributed by atoms with E-state index in [0.717, 1.165) is 22.8 Å². The van der Waals surface area contributed by atoms with Crippen molar-refractivity contribution >= 4 is 11.6 Å².